The fourth-order valence-corrected chi connectivity index (χ4v) is 7.95. The van der Waals surface area contributed by atoms with Crippen LogP contribution in [0.1, 0.15) is 57.6 Å². The lowest BCUT2D eigenvalue weighted by Crippen LogP contribution is -2.19. The van der Waals surface area contributed by atoms with E-state index in [4.69, 9.17) is 0 Å². The molecule has 23 heavy (non-hydrogen) atoms. The molecule has 0 amide bonds. The number of halogens is 4. The molecule has 0 spiro atoms. The lowest BCUT2D eigenvalue weighted by molar-refractivity contribution is -0.0357. The van der Waals surface area contributed by atoms with Gasteiger partial charge in [0.15, 0.2) is 0 Å². The molecule has 0 saturated heterocycles. The first kappa shape index (κ1) is 17.4. The highest BCUT2D eigenvalue weighted by Gasteiger charge is 2.57. The Kier molecular flexibility index (Phi) is 4.20. The zero-order valence-corrected chi connectivity index (χ0v) is 16.0. The minimum Gasteiger partial charge on any atom is -0.160 e. The maximum absolute atomic E-state index is 14.1. The van der Waals surface area contributed by atoms with Crippen LogP contribution in [0.5, 0.6) is 0 Å². The van der Waals surface area contributed by atoms with Crippen molar-refractivity contribution in [2.75, 3.05) is 0 Å². The van der Waals surface area contributed by atoms with Crippen molar-refractivity contribution in [1.29, 1.82) is 0 Å². The van der Waals surface area contributed by atoms with Crippen molar-refractivity contribution < 1.29 is 13.2 Å². The third-order valence-electron chi connectivity index (χ3n) is 4.88. The molecule has 1 aromatic carbocycles. The van der Waals surface area contributed by atoms with Crippen molar-refractivity contribution in [3.63, 3.8) is 0 Å². The monoisotopic (exact) mass is 406 g/mol. The Morgan fingerprint density at radius 3 is 2.22 bits per heavy atom. The average Bonchev–Trinajstić information content (AvgIpc) is 3.03. The first-order valence-electron chi connectivity index (χ1n) is 8.00. The van der Waals surface area contributed by atoms with E-state index in [2.05, 4.69) is 14.8 Å². The normalized spacial score (nSPS) is 28.4. The van der Waals surface area contributed by atoms with Gasteiger partial charge in [0.1, 0.15) is 0 Å². The van der Waals surface area contributed by atoms with Crippen LogP contribution in [0.15, 0.2) is 28.0 Å². The summed E-state index contributed by atoms with van der Waals surface area (Å²) in [5.74, 6) is 0.0662. The van der Waals surface area contributed by atoms with Crippen LogP contribution < -0.4 is 0 Å². The van der Waals surface area contributed by atoms with Gasteiger partial charge < -0.3 is 0 Å². The molecule has 5 heteroatoms. The molecule has 1 aliphatic heterocycles. The fourth-order valence-electron chi connectivity index (χ4n) is 3.54. The van der Waals surface area contributed by atoms with Gasteiger partial charge in [-0.05, 0) is 75.6 Å². The van der Waals surface area contributed by atoms with Gasteiger partial charge in [-0.25, -0.2) is 0 Å². The summed E-state index contributed by atoms with van der Waals surface area (Å²) in [7, 11) is -3.11. The van der Waals surface area contributed by atoms with Crippen LogP contribution >= 0.6 is 23.3 Å². The van der Waals surface area contributed by atoms with Crippen LogP contribution in [0, 0.1) is 5.92 Å². The second-order valence-electron chi connectivity index (χ2n) is 7.51. The highest BCUT2D eigenvalue weighted by Crippen LogP contribution is 2.83. The second kappa shape index (κ2) is 5.55. The summed E-state index contributed by atoms with van der Waals surface area (Å²) in [5, 5.41) is 0. The SMILES string of the molecule is CC(C)(C)c1ccc2c(c1)S(Br)(C(F)(F)F)C(C1CCCC1)=C2. The molecule has 0 bridgehead atoms. The first-order valence-corrected chi connectivity index (χ1v) is 11.5. The van der Waals surface area contributed by atoms with Crippen LogP contribution in [-0.4, -0.2) is 5.51 Å². The zero-order chi connectivity index (χ0) is 17.0. The van der Waals surface area contributed by atoms with Gasteiger partial charge in [-0.1, -0.05) is 45.7 Å². The van der Waals surface area contributed by atoms with E-state index in [1.54, 1.807) is 6.07 Å². The number of fused-ring (bicyclic) bond motifs is 1. The number of alkyl halides is 3. The highest BCUT2D eigenvalue weighted by atomic mass is 79.9. The van der Waals surface area contributed by atoms with E-state index in [9.17, 15) is 13.2 Å². The molecule has 1 aliphatic carbocycles. The van der Waals surface area contributed by atoms with Gasteiger partial charge in [0.05, 0.1) is 0 Å². The van der Waals surface area contributed by atoms with Gasteiger partial charge in [0.25, 0.3) is 0 Å². The van der Waals surface area contributed by atoms with Crippen LogP contribution in [0.25, 0.3) is 6.08 Å². The zero-order valence-electron chi connectivity index (χ0n) is 13.6. The lowest BCUT2D eigenvalue weighted by atomic mass is 9.86. The van der Waals surface area contributed by atoms with E-state index >= 15 is 0 Å². The van der Waals surface area contributed by atoms with Crippen LogP contribution in [0.3, 0.4) is 0 Å². The van der Waals surface area contributed by atoms with Gasteiger partial charge in [0.2, 0.25) is 0 Å². The Labute approximate surface area is 145 Å². The Bertz CT molecular complexity index is 651. The molecule has 1 aromatic rings. The van der Waals surface area contributed by atoms with Gasteiger partial charge >= 0.3 is 5.51 Å². The molecule has 1 unspecified atom stereocenters. The third kappa shape index (κ3) is 2.78. The van der Waals surface area contributed by atoms with E-state index in [-0.39, 0.29) is 11.3 Å². The maximum atomic E-state index is 14.1. The highest BCUT2D eigenvalue weighted by molar-refractivity contribution is 9.59. The van der Waals surface area contributed by atoms with E-state index in [0.717, 1.165) is 36.8 Å². The maximum Gasteiger partial charge on any atom is 0.442 e. The summed E-state index contributed by atoms with van der Waals surface area (Å²) in [6.45, 7) is 6.11. The molecule has 2 aliphatic rings. The number of rotatable bonds is 1. The number of benzene rings is 1. The molecule has 1 fully saturated rings. The molecule has 1 heterocycles. The summed E-state index contributed by atoms with van der Waals surface area (Å²) in [6, 6.07) is 5.62. The second-order valence-corrected chi connectivity index (χ2v) is 12.9. The molecule has 1 atom stereocenters. The van der Waals surface area contributed by atoms with Crippen molar-refractivity contribution in [3.8, 4) is 0 Å². The Morgan fingerprint density at radius 2 is 1.70 bits per heavy atom. The largest absolute Gasteiger partial charge is 0.442 e. The molecule has 0 nitrogen and oxygen atoms in total. The Morgan fingerprint density at radius 1 is 1.09 bits per heavy atom. The van der Waals surface area contributed by atoms with Crippen LogP contribution in [0.4, 0.5) is 13.2 Å². The fraction of sp³-hybridized carbons (Fsp3) is 0.556. The first-order chi connectivity index (χ1) is 10.5. The smallest absolute Gasteiger partial charge is 0.160 e. The average molecular weight is 407 g/mol. The van der Waals surface area contributed by atoms with Gasteiger partial charge in [-0.15, -0.1) is 0 Å². The van der Waals surface area contributed by atoms with Crippen molar-refractivity contribution in [2.24, 2.45) is 5.92 Å². The molecule has 0 N–H and O–H groups in total. The topological polar surface area (TPSA) is 0 Å². The summed E-state index contributed by atoms with van der Waals surface area (Å²) >= 11 is 3.23. The molecule has 128 valence electrons. The van der Waals surface area contributed by atoms with Crippen molar-refractivity contribution in [1.82, 2.24) is 0 Å². The summed E-state index contributed by atoms with van der Waals surface area (Å²) in [4.78, 5) is 1.03. The van der Waals surface area contributed by atoms with E-state index in [1.165, 1.54) is 0 Å². The van der Waals surface area contributed by atoms with Gasteiger partial charge in [0, 0.05) is 4.90 Å². The van der Waals surface area contributed by atoms with E-state index < -0.39 is 14.0 Å². The van der Waals surface area contributed by atoms with Crippen molar-refractivity contribution in [2.45, 2.75) is 62.3 Å². The van der Waals surface area contributed by atoms with E-state index in [1.807, 2.05) is 39.0 Å². The molecule has 3 rings (SSSR count). The Balaban J connectivity index is 2.15. The molecule has 1 saturated carbocycles. The van der Waals surface area contributed by atoms with Gasteiger partial charge in [-0.2, -0.15) is 13.2 Å². The molecular formula is C18H22BrF3S. The molecular weight excluding hydrogens is 385 g/mol. The lowest BCUT2D eigenvalue weighted by Gasteiger charge is -2.38. The number of hydrogen-bond acceptors (Lipinski definition) is 0. The van der Waals surface area contributed by atoms with E-state index in [0.29, 0.717) is 9.80 Å². The summed E-state index contributed by atoms with van der Waals surface area (Å²) in [5.41, 5.74) is -2.73. The summed E-state index contributed by atoms with van der Waals surface area (Å²) in [6.07, 6.45) is 5.64. The minimum absolute atomic E-state index is 0.0662. The predicted molar refractivity (Wildman–Crippen MR) is 95.9 cm³/mol. The molecule has 0 aromatic heterocycles. The molecule has 0 radical (unpaired) electrons. The van der Waals surface area contributed by atoms with Gasteiger partial charge in [-0.3, -0.25) is 0 Å². The quantitative estimate of drug-likeness (QED) is 0.452. The van der Waals surface area contributed by atoms with Crippen molar-refractivity contribution >= 4 is 29.4 Å². The third-order valence-corrected chi connectivity index (χ3v) is 10.8. The number of hydrogen-bond donors (Lipinski definition) is 0. The standard InChI is InChI=1S/C18H22BrF3S/c1-17(2,3)14-9-8-13-10-15(12-6-4-5-7-12)23(19,16(13)11-14)18(20,21)22/h8-12H,4-7H2,1-3H3. The van der Waals surface area contributed by atoms with Crippen LogP contribution in [0.2, 0.25) is 0 Å². The van der Waals surface area contributed by atoms with Crippen molar-refractivity contribution in [3.05, 3.63) is 34.2 Å². The minimum atomic E-state index is -4.26. The summed E-state index contributed by atoms with van der Waals surface area (Å²) < 4.78 is 42.3. The number of allylic oxidation sites excluding steroid dienone is 1. The predicted octanol–water partition coefficient (Wildman–Crippen LogP) is 7.52. The Hall–Kier alpha value is -0.420. The van der Waals surface area contributed by atoms with Crippen LogP contribution in [-0.2, 0) is 5.41 Å².